The maximum atomic E-state index is 6.15. The molecule has 0 saturated heterocycles. The maximum absolute atomic E-state index is 6.15. The molecule has 2 rings (SSSR count). The lowest BCUT2D eigenvalue weighted by molar-refractivity contribution is 0.205. The molecule has 2 heterocycles. The molecule has 0 aliphatic heterocycles. The van der Waals surface area contributed by atoms with Crippen LogP contribution in [0.25, 0.3) is 10.2 Å². The molecule has 0 bridgehead atoms. The second-order valence-corrected chi connectivity index (χ2v) is 5.84. The highest BCUT2D eigenvalue weighted by atomic mass is 35.5. The van der Waals surface area contributed by atoms with Crippen LogP contribution in [-0.4, -0.2) is 31.8 Å². The summed E-state index contributed by atoms with van der Waals surface area (Å²) in [5, 5.41) is 0.554. The number of hydrogen-bond donors (Lipinski definition) is 0. The number of pyridine rings is 1. The van der Waals surface area contributed by atoms with Gasteiger partial charge in [0.15, 0.2) is 0 Å². The van der Waals surface area contributed by atoms with Crippen molar-refractivity contribution in [1.82, 2.24) is 4.98 Å². The minimum Gasteiger partial charge on any atom is -0.383 e. The van der Waals surface area contributed by atoms with Gasteiger partial charge in [0.1, 0.15) is 5.15 Å². The number of aryl methyl sites for hydroxylation is 1. The van der Waals surface area contributed by atoms with Crippen LogP contribution in [-0.2, 0) is 11.2 Å². The van der Waals surface area contributed by atoms with Gasteiger partial charge < -0.3 is 9.64 Å². The fraction of sp³-hybridized carbons (Fsp3) is 0.500. The molecule has 0 amide bonds. The second-order valence-electron chi connectivity index (χ2n) is 4.32. The highest BCUT2D eigenvalue weighted by Crippen LogP contribution is 2.35. The lowest BCUT2D eigenvalue weighted by Crippen LogP contribution is -2.26. The molecule has 0 unspecified atom stereocenters. The van der Waals surface area contributed by atoms with Crippen LogP contribution < -0.4 is 4.90 Å². The third kappa shape index (κ3) is 3.19. The van der Waals surface area contributed by atoms with Crippen molar-refractivity contribution in [3.63, 3.8) is 0 Å². The molecule has 0 aromatic carbocycles. The number of rotatable bonds is 6. The molecule has 2 aromatic heterocycles. The SMILES string of the molecule is CCc1cc2nc(Cl)cc(N(CC)CCOC)c2s1. The minimum absolute atomic E-state index is 0.554. The van der Waals surface area contributed by atoms with E-state index < -0.39 is 0 Å². The Bertz CT molecular complexity index is 556. The Morgan fingerprint density at radius 3 is 2.79 bits per heavy atom. The number of methoxy groups -OCH3 is 1. The number of ether oxygens (including phenoxy) is 1. The van der Waals surface area contributed by atoms with Gasteiger partial charge in [-0.2, -0.15) is 0 Å². The highest BCUT2D eigenvalue weighted by Gasteiger charge is 2.13. The topological polar surface area (TPSA) is 25.4 Å². The van der Waals surface area contributed by atoms with E-state index in [0.717, 1.165) is 25.0 Å². The minimum atomic E-state index is 0.554. The molecule has 0 fully saturated rings. The van der Waals surface area contributed by atoms with Gasteiger partial charge >= 0.3 is 0 Å². The molecule has 5 heteroatoms. The summed E-state index contributed by atoms with van der Waals surface area (Å²) >= 11 is 7.95. The Kier molecular flexibility index (Phi) is 5.02. The first kappa shape index (κ1) is 14.6. The van der Waals surface area contributed by atoms with Crippen LogP contribution in [0.5, 0.6) is 0 Å². The Morgan fingerprint density at radius 1 is 1.37 bits per heavy atom. The van der Waals surface area contributed by atoms with E-state index in [0.29, 0.717) is 11.8 Å². The van der Waals surface area contributed by atoms with Crippen molar-refractivity contribution in [2.75, 3.05) is 31.7 Å². The molecule has 2 aromatic rings. The van der Waals surface area contributed by atoms with Crippen LogP contribution in [0.3, 0.4) is 0 Å². The summed E-state index contributed by atoms with van der Waals surface area (Å²) in [4.78, 5) is 8.05. The van der Waals surface area contributed by atoms with Gasteiger partial charge in [-0.1, -0.05) is 18.5 Å². The zero-order chi connectivity index (χ0) is 13.8. The van der Waals surface area contributed by atoms with Gasteiger partial charge in [0.05, 0.1) is 22.5 Å². The molecule has 0 saturated carbocycles. The zero-order valence-electron chi connectivity index (χ0n) is 11.6. The van der Waals surface area contributed by atoms with Gasteiger partial charge in [-0.15, -0.1) is 11.3 Å². The van der Waals surface area contributed by atoms with Crippen LogP contribution in [0.1, 0.15) is 18.7 Å². The largest absolute Gasteiger partial charge is 0.383 e. The van der Waals surface area contributed by atoms with Crippen molar-refractivity contribution in [3.05, 3.63) is 22.2 Å². The molecular weight excluding hydrogens is 280 g/mol. The van der Waals surface area contributed by atoms with Crippen molar-refractivity contribution in [1.29, 1.82) is 0 Å². The molecule has 0 aliphatic rings. The number of anilines is 1. The van der Waals surface area contributed by atoms with E-state index >= 15 is 0 Å². The second kappa shape index (κ2) is 6.55. The fourth-order valence-electron chi connectivity index (χ4n) is 2.08. The predicted molar refractivity (Wildman–Crippen MR) is 83.8 cm³/mol. The average Bonchev–Trinajstić information content (AvgIpc) is 2.82. The van der Waals surface area contributed by atoms with E-state index in [1.54, 1.807) is 18.4 Å². The number of halogens is 1. The molecule has 0 N–H and O–H groups in total. The smallest absolute Gasteiger partial charge is 0.131 e. The summed E-state index contributed by atoms with van der Waals surface area (Å²) in [5.74, 6) is 0. The van der Waals surface area contributed by atoms with E-state index in [1.807, 2.05) is 6.07 Å². The highest BCUT2D eigenvalue weighted by molar-refractivity contribution is 7.19. The number of likely N-dealkylation sites (N-methyl/N-ethyl adjacent to an activating group) is 1. The maximum Gasteiger partial charge on any atom is 0.131 e. The number of thiophene rings is 1. The zero-order valence-corrected chi connectivity index (χ0v) is 13.1. The van der Waals surface area contributed by atoms with E-state index in [9.17, 15) is 0 Å². The molecule has 0 aliphatic carbocycles. The first-order valence-corrected chi connectivity index (χ1v) is 7.71. The van der Waals surface area contributed by atoms with E-state index in [4.69, 9.17) is 16.3 Å². The molecular formula is C14H19ClN2OS. The van der Waals surface area contributed by atoms with Gasteiger partial charge in [-0.3, -0.25) is 0 Å². The quantitative estimate of drug-likeness (QED) is 0.754. The summed E-state index contributed by atoms with van der Waals surface area (Å²) in [6.45, 7) is 6.81. The van der Waals surface area contributed by atoms with Crippen molar-refractivity contribution in [2.45, 2.75) is 20.3 Å². The monoisotopic (exact) mass is 298 g/mol. The van der Waals surface area contributed by atoms with Gasteiger partial charge in [0.25, 0.3) is 0 Å². The van der Waals surface area contributed by atoms with Gasteiger partial charge in [-0.25, -0.2) is 4.98 Å². The van der Waals surface area contributed by atoms with Crippen molar-refractivity contribution in [2.24, 2.45) is 0 Å². The predicted octanol–water partition coefficient (Wildman–Crippen LogP) is 3.98. The Morgan fingerprint density at radius 2 is 2.16 bits per heavy atom. The van der Waals surface area contributed by atoms with Crippen LogP contribution >= 0.6 is 22.9 Å². The Balaban J connectivity index is 2.47. The number of hydrogen-bond acceptors (Lipinski definition) is 4. The van der Waals surface area contributed by atoms with Gasteiger partial charge in [-0.05, 0) is 19.4 Å². The van der Waals surface area contributed by atoms with Crippen LogP contribution in [0.2, 0.25) is 5.15 Å². The van der Waals surface area contributed by atoms with Gasteiger partial charge in [0, 0.05) is 31.1 Å². The molecule has 3 nitrogen and oxygen atoms in total. The summed E-state index contributed by atoms with van der Waals surface area (Å²) < 4.78 is 6.40. The van der Waals surface area contributed by atoms with Gasteiger partial charge in [0.2, 0.25) is 0 Å². The standard InChI is InChI=1S/C14H19ClN2OS/c1-4-10-8-11-14(19-10)12(9-13(15)16-11)17(5-2)6-7-18-3/h8-9H,4-7H2,1-3H3. The summed E-state index contributed by atoms with van der Waals surface area (Å²) in [6.07, 6.45) is 1.03. The molecule has 0 radical (unpaired) electrons. The third-order valence-corrected chi connectivity index (χ3v) is 4.60. The Labute approximate surface area is 123 Å². The van der Waals surface area contributed by atoms with Crippen LogP contribution in [0, 0.1) is 0 Å². The van der Waals surface area contributed by atoms with Crippen LogP contribution in [0.15, 0.2) is 12.1 Å². The number of aromatic nitrogens is 1. The summed E-state index contributed by atoms with van der Waals surface area (Å²) in [7, 11) is 1.73. The molecule has 104 valence electrons. The normalized spacial score (nSPS) is 11.2. The third-order valence-electron chi connectivity index (χ3n) is 3.12. The summed E-state index contributed by atoms with van der Waals surface area (Å²) in [5.41, 5.74) is 2.17. The first-order chi connectivity index (χ1) is 9.19. The molecule has 19 heavy (non-hydrogen) atoms. The Hall–Kier alpha value is -0.840. The van der Waals surface area contributed by atoms with E-state index in [-0.39, 0.29) is 0 Å². The van der Waals surface area contributed by atoms with Crippen LogP contribution in [0.4, 0.5) is 5.69 Å². The van der Waals surface area contributed by atoms with Crippen molar-refractivity contribution >= 4 is 38.8 Å². The van der Waals surface area contributed by atoms with Crippen molar-refractivity contribution in [3.8, 4) is 0 Å². The number of fused-ring (bicyclic) bond motifs is 1. The average molecular weight is 299 g/mol. The summed E-state index contributed by atoms with van der Waals surface area (Å²) in [6, 6.07) is 4.10. The lowest BCUT2D eigenvalue weighted by atomic mass is 10.3. The van der Waals surface area contributed by atoms with Crippen molar-refractivity contribution < 1.29 is 4.74 Å². The van der Waals surface area contributed by atoms with E-state index in [1.165, 1.54) is 15.3 Å². The number of nitrogens with zero attached hydrogens (tertiary/aromatic N) is 2. The first-order valence-electron chi connectivity index (χ1n) is 6.52. The van der Waals surface area contributed by atoms with E-state index in [2.05, 4.69) is 29.8 Å². The fourth-order valence-corrected chi connectivity index (χ4v) is 3.36. The molecule has 0 spiro atoms. The molecule has 0 atom stereocenters. The lowest BCUT2D eigenvalue weighted by Gasteiger charge is -2.23.